The third-order valence-electron chi connectivity index (χ3n) is 2.73. The van der Waals surface area contributed by atoms with Crippen LogP contribution in [0, 0.1) is 5.82 Å². The molecular formula is C15H11Cl2FN2O2. The maximum Gasteiger partial charge on any atom is 0.254 e. The number of carbonyl (C=O) groups is 2. The van der Waals surface area contributed by atoms with E-state index in [0.29, 0.717) is 15.7 Å². The average Bonchev–Trinajstić information content (AvgIpc) is 2.49. The lowest BCUT2D eigenvalue weighted by Crippen LogP contribution is -2.33. The van der Waals surface area contributed by atoms with Gasteiger partial charge in [-0.15, -0.1) is 0 Å². The molecule has 2 aromatic rings. The molecule has 0 heterocycles. The Morgan fingerprint density at radius 3 is 2.55 bits per heavy atom. The summed E-state index contributed by atoms with van der Waals surface area (Å²) in [6.07, 6.45) is 0. The highest BCUT2D eigenvalue weighted by molar-refractivity contribution is 6.35. The summed E-state index contributed by atoms with van der Waals surface area (Å²) in [7, 11) is 0. The second-order valence-corrected chi connectivity index (χ2v) is 5.18. The van der Waals surface area contributed by atoms with Crippen molar-refractivity contribution in [1.82, 2.24) is 5.32 Å². The van der Waals surface area contributed by atoms with Gasteiger partial charge in [-0.05, 0) is 30.3 Å². The molecule has 0 aromatic heterocycles. The van der Waals surface area contributed by atoms with Crippen LogP contribution in [-0.4, -0.2) is 18.4 Å². The SMILES string of the molecule is O=C(CNC(=O)c1ccccc1F)Nc1cc(Cl)ccc1Cl. The normalized spacial score (nSPS) is 10.1. The van der Waals surface area contributed by atoms with E-state index in [2.05, 4.69) is 10.6 Å². The molecule has 0 aliphatic heterocycles. The number of benzene rings is 2. The molecule has 0 saturated carbocycles. The summed E-state index contributed by atoms with van der Waals surface area (Å²) in [4.78, 5) is 23.5. The highest BCUT2D eigenvalue weighted by Crippen LogP contribution is 2.25. The summed E-state index contributed by atoms with van der Waals surface area (Å²) in [5, 5.41) is 5.57. The van der Waals surface area contributed by atoms with Crippen LogP contribution in [0.25, 0.3) is 0 Å². The molecule has 0 radical (unpaired) electrons. The zero-order chi connectivity index (χ0) is 16.1. The number of halogens is 3. The predicted molar refractivity (Wildman–Crippen MR) is 83.8 cm³/mol. The van der Waals surface area contributed by atoms with E-state index in [1.165, 1.54) is 36.4 Å². The topological polar surface area (TPSA) is 58.2 Å². The Morgan fingerprint density at radius 1 is 1.09 bits per heavy atom. The van der Waals surface area contributed by atoms with Gasteiger partial charge in [-0.3, -0.25) is 9.59 Å². The molecule has 0 atom stereocenters. The van der Waals surface area contributed by atoms with Crippen LogP contribution in [0.15, 0.2) is 42.5 Å². The summed E-state index contributed by atoms with van der Waals surface area (Å²) in [6.45, 7) is -0.323. The molecule has 7 heteroatoms. The quantitative estimate of drug-likeness (QED) is 0.894. The largest absolute Gasteiger partial charge is 0.343 e. The van der Waals surface area contributed by atoms with E-state index in [1.807, 2.05) is 0 Å². The fraction of sp³-hybridized carbons (Fsp3) is 0.0667. The summed E-state index contributed by atoms with van der Waals surface area (Å²) in [5.74, 6) is -1.84. The van der Waals surface area contributed by atoms with Gasteiger partial charge >= 0.3 is 0 Å². The maximum absolute atomic E-state index is 13.4. The minimum Gasteiger partial charge on any atom is -0.343 e. The third-order valence-corrected chi connectivity index (χ3v) is 3.30. The number of nitrogens with one attached hydrogen (secondary N) is 2. The number of carbonyl (C=O) groups excluding carboxylic acids is 2. The zero-order valence-corrected chi connectivity index (χ0v) is 12.7. The molecule has 22 heavy (non-hydrogen) atoms. The third kappa shape index (κ3) is 4.19. The minimum atomic E-state index is -0.676. The van der Waals surface area contributed by atoms with Gasteiger partial charge in [-0.1, -0.05) is 35.3 Å². The van der Waals surface area contributed by atoms with E-state index >= 15 is 0 Å². The van der Waals surface area contributed by atoms with Crippen LogP contribution in [0.2, 0.25) is 10.0 Å². The molecule has 0 unspecified atom stereocenters. The van der Waals surface area contributed by atoms with Gasteiger partial charge < -0.3 is 10.6 Å². The van der Waals surface area contributed by atoms with Crippen LogP contribution in [0.5, 0.6) is 0 Å². The molecule has 2 rings (SSSR count). The molecule has 0 aliphatic rings. The monoisotopic (exact) mass is 340 g/mol. The van der Waals surface area contributed by atoms with Crippen molar-refractivity contribution < 1.29 is 14.0 Å². The number of anilines is 1. The van der Waals surface area contributed by atoms with Crippen molar-refractivity contribution in [3.8, 4) is 0 Å². The van der Waals surface area contributed by atoms with Crippen LogP contribution in [-0.2, 0) is 4.79 Å². The van der Waals surface area contributed by atoms with Gasteiger partial charge in [0.1, 0.15) is 5.82 Å². The minimum absolute atomic E-state index is 0.129. The lowest BCUT2D eigenvalue weighted by atomic mass is 10.2. The molecule has 2 amide bonds. The predicted octanol–water partition coefficient (Wildman–Crippen LogP) is 3.50. The van der Waals surface area contributed by atoms with Crippen LogP contribution in [0.3, 0.4) is 0 Å². The maximum atomic E-state index is 13.4. The Kier molecular flexibility index (Phi) is 5.35. The van der Waals surface area contributed by atoms with Gasteiger partial charge in [0.15, 0.2) is 0 Å². The molecule has 4 nitrogen and oxygen atoms in total. The molecular weight excluding hydrogens is 330 g/mol. The van der Waals surface area contributed by atoms with E-state index in [4.69, 9.17) is 23.2 Å². The first-order chi connectivity index (χ1) is 10.5. The second kappa shape index (κ2) is 7.24. The van der Waals surface area contributed by atoms with E-state index in [9.17, 15) is 14.0 Å². The van der Waals surface area contributed by atoms with Gasteiger partial charge in [0.2, 0.25) is 5.91 Å². The van der Waals surface area contributed by atoms with Crippen molar-refractivity contribution in [2.45, 2.75) is 0 Å². The number of amides is 2. The van der Waals surface area contributed by atoms with E-state index in [-0.39, 0.29) is 12.1 Å². The van der Waals surface area contributed by atoms with Crippen molar-refractivity contribution in [3.05, 3.63) is 63.9 Å². The molecule has 0 aliphatic carbocycles. The first-order valence-electron chi connectivity index (χ1n) is 6.25. The number of rotatable bonds is 4. The van der Waals surface area contributed by atoms with Crippen LogP contribution < -0.4 is 10.6 Å². The van der Waals surface area contributed by atoms with Crippen molar-refractivity contribution in [1.29, 1.82) is 0 Å². The van der Waals surface area contributed by atoms with Crippen LogP contribution in [0.1, 0.15) is 10.4 Å². The first-order valence-corrected chi connectivity index (χ1v) is 7.00. The molecule has 2 aromatic carbocycles. The summed E-state index contributed by atoms with van der Waals surface area (Å²) in [5.41, 5.74) is 0.204. The van der Waals surface area contributed by atoms with Crippen molar-refractivity contribution in [3.63, 3.8) is 0 Å². The summed E-state index contributed by atoms with van der Waals surface area (Å²) >= 11 is 11.7. The second-order valence-electron chi connectivity index (χ2n) is 4.33. The van der Waals surface area contributed by atoms with Crippen molar-refractivity contribution in [2.75, 3.05) is 11.9 Å². The summed E-state index contributed by atoms with van der Waals surface area (Å²) in [6, 6.07) is 10.1. The van der Waals surface area contributed by atoms with Crippen LogP contribution >= 0.6 is 23.2 Å². The molecule has 0 spiro atoms. The molecule has 2 N–H and O–H groups in total. The molecule has 0 saturated heterocycles. The van der Waals surface area contributed by atoms with Gasteiger partial charge in [0, 0.05) is 5.02 Å². The summed E-state index contributed by atoms with van der Waals surface area (Å²) < 4.78 is 13.4. The molecule has 0 fully saturated rings. The Balaban J connectivity index is 1.94. The Hall–Kier alpha value is -2.11. The Labute approximate surface area is 136 Å². The lowest BCUT2D eigenvalue weighted by Gasteiger charge is -2.09. The van der Waals surface area contributed by atoms with Gasteiger partial charge in [-0.25, -0.2) is 4.39 Å². The molecule has 0 bridgehead atoms. The number of hydrogen-bond donors (Lipinski definition) is 2. The smallest absolute Gasteiger partial charge is 0.254 e. The first kappa shape index (κ1) is 16.3. The Morgan fingerprint density at radius 2 is 1.82 bits per heavy atom. The van der Waals surface area contributed by atoms with E-state index < -0.39 is 17.6 Å². The fourth-order valence-corrected chi connectivity index (χ4v) is 2.03. The highest BCUT2D eigenvalue weighted by Gasteiger charge is 2.12. The zero-order valence-electron chi connectivity index (χ0n) is 11.2. The Bertz CT molecular complexity index is 722. The highest BCUT2D eigenvalue weighted by atomic mass is 35.5. The van der Waals surface area contributed by atoms with E-state index in [0.717, 1.165) is 0 Å². The van der Waals surface area contributed by atoms with Crippen molar-refractivity contribution >= 4 is 40.7 Å². The van der Waals surface area contributed by atoms with E-state index in [1.54, 1.807) is 6.07 Å². The van der Waals surface area contributed by atoms with Gasteiger partial charge in [-0.2, -0.15) is 0 Å². The standard InChI is InChI=1S/C15H11Cl2FN2O2/c16-9-5-6-11(17)13(7-9)20-14(21)8-19-15(22)10-3-1-2-4-12(10)18/h1-7H,8H2,(H,19,22)(H,20,21). The average molecular weight is 341 g/mol. The fourth-order valence-electron chi connectivity index (χ4n) is 1.69. The van der Waals surface area contributed by atoms with Crippen molar-refractivity contribution in [2.24, 2.45) is 0 Å². The van der Waals surface area contributed by atoms with Gasteiger partial charge in [0.05, 0.1) is 22.8 Å². The number of hydrogen-bond acceptors (Lipinski definition) is 2. The van der Waals surface area contributed by atoms with Gasteiger partial charge in [0.25, 0.3) is 5.91 Å². The molecule has 114 valence electrons. The van der Waals surface area contributed by atoms with Crippen LogP contribution in [0.4, 0.5) is 10.1 Å². The lowest BCUT2D eigenvalue weighted by molar-refractivity contribution is -0.115.